The molecule has 2 heterocycles. The van der Waals surface area contributed by atoms with E-state index < -0.39 is 11.9 Å². The van der Waals surface area contributed by atoms with Gasteiger partial charge in [0.25, 0.3) is 0 Å². The Morgan fingerprint density at radius 3 is 1.32 bits per heavy atom. The van der Waals surface area contributed by atoms with Gasteiger partial charge in [-0.05, 0) is 48.5 Å². The molecule has 0 saturated heterocycles. The fourth-order valence-electron chi connectivity index (χ4n) is 4.37. The first-order valence-corrected chi connectivity index (χ1v) is 11.7. The molecule has 0 aliphatic carbocycles. The molecule has 190 valence electrons. The number of ether oxygens (including phenoxy) is 4. The predicted octanol–water partition coefficient (Wildman–Crippen LogP) is 5.71. The van der Waals surface area contributed by atoms with Crippen LogP contribution in [0.4, 0.5) is 0 Å². The minimum Gasteiger partial charge on any atom is -0.496 e. The summed E-state index contributed by atoms with van der Waals surface area (Å²) in [5.74, 6) is 0.245. The molecule has 5 rings (SSSR count). The number of nitrogens with zero attached hydrogens (tertiary/aromatic N) is 2. The molecule has 0 radical (unpaired) electrons. The molecule has 0 aliphatic rings. The van der Waals surface area contributed by atoms with E-state index in [9.17, 15) is 9.59 Å². The Labute approximate surface area is 218 Å². The highest BCUT2D eigenvalue weighted by Gasteiger charge is 2.17. The van der Waals surface area contributed by atoms with Crippen molar-refractivity contribution in [2.24, 2.45) is 0 Å². The largest absolute Gasteiger partial charge is 0.496 e. The average Bonchev–Trinajstić information content (AvgIpc) is 2.98. The molecule has 0 atom stereocenters. The summed E-state index contributed by atoms with van der Waals surface area (Å²) in [6.07, 6.45) is 0. The van der Waals surface area contributed by atoms with E-state index in [1.165, 1.54) is 14.2 Å². The van der Waals surface area contributed by atoms with Crippen LogP contribution in [0.15, 0.2) is 72.8 Å². The molecule has 0 fully saturated rings. The van der Waals surface area contributed by atoms with Gasteiger partial charge in [0.1, 0.15) is 11.5 Å². The predicted molar refractivity (Wildman–Crippen MR) is 144 cm³/mol. The summed E-state index contributed by atoms with van der Waals surface area (Å²) in [6, 6.07) is 21.7. The Balaban J connectivity index is 1.72. The van der Waals surface area contributed by atoms with Crippen LogP contribution in [0, 0.1) is 0 Å². The van der Waals surface area contributed by atoms with Crippen molar-refractivity contribution in [1.82, 2.24) is 9.97 Å². The van der Waals surface area contributed by atoms with Crippen LogP contribution < -0.4 is 9.47 Å². The molecule has 0 saturated carbocycles. The second-order valence-corrected chi connectivity index (χ2v) is 8.42. The molecular formula is C30H24N2O6. The van der Waals surface area contributed by atoms with Crippen LogP contribution in [-0.4, -0.2) is 50.3 Å². The second-order valence-electron chi connectivity index (χ2n) is 8.42. The van der Waals surface area contributed by atoms with E-state index in [4.69, 9.17) is 28.9 Å². The summed E-state index contributed by atoms with van der Waals surface area (Å²) < 4.78 is 20.9. The third kappa shape index (κ3) is 4.37. The van der Waals surface area contributed by atoms with Crippen molar-refractivity contribution in [3.63, 3.8) is 0 Å². The second kappa shape index (κ2) is 10.2. The monoisotopic (exact) mass is 508 g/mol. The molecule has 2 aromatic heterocycles. The summed E-state index contributed by atoms with van der Waals surface area (Å²) in [4.78, 5) is 34.2. The number of hydrogen-bond acceptors (Lipinski definition) is 8. The summed E-state index contributed by atoms with van der Waals surface area (Å²) in [5.41, 5.74) is 4.67. The van der Waals surface area contributed by atoms with E-state index in [-0.39, 0.29) is 0 Å². The summed E-state index contributed by atoms with van der Waals surface area (Å²) >= 11 is 0. The van der Waals surface area contributed by atoms with Crippen LogP contribution in [0.1, 0.15) is 20.7 Å². The molecular weight excluding hydrogens is 484 g/mol. The van der Waals surface area contributed by atoms with Gasteiger partial charge in [-0.15, -0.1) is 0 Å². The number of pyridine rings is 2. The van der Waals surface area contributed by atoms with Gasteiger partial charge >= 0.3 is 11.9 Å². The topological polar surface area (TPSA) is 96.8 Å². The Morgan fingerprint density at radius 1 is 0.553 bits per heavy atom. The lowest BCUT2D eigenvalue weighted by molar-refractivity contribution is 0.0592. The van der Waals surface area contributed by atoms with Crippen LogP contribution >= 0.6 is 0 Å². The van der Waals surface area contributed by atoms with E-state index in [1.807, 2.05) is 36.4 Å². The number of methoxy groups -OCH3 is 4. The minimum absolute atomic E-state index is 0.390. The molecule has 0 amide bonds. The van der Waals surface area contributed by atoms with Crippen LogP contribution in [0.5, 0.6) is 11.5 Å². The molecule has 8 nitrogen and oxygen atoms in total. The van der Waals surface area contributed by atoms with Crippen molar-refractivity contribution in [3.05, 3.63) is 83.9 Å². The van der Waals surface area contributed by atoms with E-state index in [0.717, 1.165) is 10.8 Å². The van der Waals surface area contributed by atoms with Crippen molar-refractivity contribution in [2.75, 3.05) is 28.4 Å². The van der Waals surface area contributed by atoms with Gasteiger partial charge < -0.3 is 18.9 Å². The molecule has 0 spiro atoms. The van der Waals surface area contributed by atoms with Crippen LogP contribution in [0.25, 0.3) is 44.3 Å². The van der Waals surface area contributed by atoms with Gasteiger partial charge in [-0.2, -0.15) is 0 Å². The highest BCUT2D eigenvalue weighted by atomic mass is 16.5. The third-order valence-corrected chi connectivity index (χ3v) is 6.31. The van der Waals surface area contributed by atoms with Gasteiger partial charge in [0.2, 0.25) is 0 Å². The summed E-state index contributed by atoms with van der Waals surface area (Å²) in [5, 5.41) is 1.79. The number of benzene rings is 3. The van der Waals surface area contributed by atoms with Crippen LogP contribution in [-0.2, 0) is 9.47 Å². The fraction of sp³-hybridized carbons (Fsp3) is 0.133. The molecule has 38 heavy (non-hydrogen) atoms. The van der Waals surface area contributed by atoms with Crippen molar-refractivity contribution >= 4 is 33.7 Å². The van der Waals surface area contributed by atoms with Crippen molar-refractivity contribution in [1.29, 1.82) is 0 Å². The molecule has 0 aliphatic heterocycles. The average molecular weight is 509 g/mol. The Kier molecular flexibility index (Phi) is 6.62. The van der Waals surface area contributed by atoms with Gasteiger partial charge in [-0.3, -0.25) is 0 Å². The van der Waals surface area contributed by atoms with Gasteiger partial charge in [0.05, 0.1) is 62.0 Å². The fourth-order valence-corrected chi connectivity index (χ4v) is 4.37. The first kappa shape index (κ1) is 24.7. The Bertz CT molecular complexity index is 1590. The molecule has 8 heteroatoms. The van der Waals surface area contributed by atoms with E-state index >= 15 is 0 Å². The maximum Gasteiger partial charge on any atom is 0.337 e. The highest BCUT2D eigenvalue weighted by Crippen LogP contribution is 2.35. The quantitative estimate of drug-likeness (QED) is 0.213. The van der Waals surface area contributed by atoms with Gasteiger partial charge in [0.15, 0.2) is 0 Å². The van der Waals surface area contributed by atoms with Gasteiger partial charge in [-0.25, -0.2) is 19.6 Å². The zero-order chi connectivity index (χ0) is 26.8. The van der Waals surface area contributed by atoms with Gasteiger partial charge in [0, 0.05) is 21.9 Å². The minimum atomic E-state index is -0.449. The first-order chi connectivity index (χ1) is 18.5. The zero-order valence-electron chi connectivity index (χ0n) is 21.3. The number of hydrogen-bond donors (Lipinski definition) is 0. The molecule has 3 aromatic carbocycles. The van der Waals surface area contributed by atoms with E-state index in [1.54, 1.807) is 50.6 Å². The third-order valence-electron chi connectivity index (χ3n) is 6.31. The van der Waals surface area contributed by atoms with Crippen molar-refractivity contribution in [2.45, 2.75) is 0 Å². The van der Waals surface area contributed by atoms with Crippen LogP contribution in [0.3, 0.4) is 0 Å². The van der Waals surface area contributed by atoms with Gasteiger partial charge in [-0.1, -0.05) is 24.3 Å². The summed E-state index contributed by atoms with van der Waals surface area (Å²) in [7, 11) is 5.81. The Morgan fingerprint density at radius 2 is 0.947 bits per heavy atom. The molecule has 0 N–H and O–H groups in total. The standard InChI is InChI=1S/C30H24N2O6/c1-35-25-13-9-19(29(33)37-3)15-21(25)23-11-7-17-5-6-18-8-12-24(32-28(18)27(17)31-23)22-16-20(30(34)38-4)10-14-26(22)36-2/h5-16H,1-4H3. The number of carbonyl (C=O) groups excluding carboxylic acids is 2. The number of carbonyl (C=O) groups is 2. The smallest absolute Gasteiger partial charge is 0.337 e. The lowest BCUT2D eigenvalue weighted by Gasteiger charge is -2.13. The lowest BCUT2D eigenvalue weighted by Crippen LogP contribution is -2.02. The maximum atomic E-state index is 12.2. The van der Waals surface area contributed by atoms with Crippen molar-refractivity contribution in [3.8, 4) is 34.0 Å². The normalized spacial score (nSPS) is 10.8. The molecule has 0 unspecified atom stereocenters. The number of esters is 2. The van der Waals surface area contributed by atoms with Crippen molar-refractivity contribution < 1.29 is 28.5 Å². The maximum absolute atomic E-state index is 12.2. The van der Waals surface area contributed by atoms with E-state index in [0.29, 0.717) is 56.2 Å². The Hall–Kier alpha value is -4.98. The first-order valence-electron chi connectivity index (χ1n) is 11.7. The molecule has 5 aromatic rings. The lowest BCUT2D eigenvalue weighted by atomic mass is 10.0. The SMILES string of the molecule is COC(=O)c1ccc(OC)c(-c2ccc3ccc4ccc(-c5cc(C(=O)OC)ccc5OC)nc4c3n2)c1. The number of aromatic nitrogens is 2. The number of fused-ring (bicyclic) bond motifs is 3. The van der Waals surface area contributed by atoms with E-state index in [2.05, 4.69) is 0 Å². The number of rotatable bonds is 6. The van der Waals surface area contributed by atoms with Crippen LogP contribution in [0.2, 0.25) is 0 Å². The zero-order valence-corrected chi connectivity index (χ0v) is 21.3. The molecule has 0 bridgehead atoms. The highest BCUT2D eigenvalue weighted by molar-refractivity contribution is 6.04. The summed E-state index contributed by atoms with van der Waals surface area (Å²) in [6.45, 7) is 0.